The minimum atomic E-state index is -4.33. The summed E-state index contributed by atoms with van der Waals surface area (Å²) in [5.74, 6) is 0.994. The van der Waals surface area contributed by atoms with Crippen molar-refractivity contribution in [3.8, 4) is 22.5 Å². The third kappa shape index (κ3) is 7.14. The third-order valence-corrected chi connectivity index (χ3v) is 13.4. The molecule has 2 heterocycles. The molecule has 0 atom stereocenters. The van der Waals surface area contributed by atoms with E-state index in [9.17, 15) is 21.4 Å². The Labute approximate surface area is 311 Å². The molecule has 0 aromatic heterocycles. The molecule has 0 amide bonds. The van der Waals surface area contributed by atoms with Gasteiger partial charge in [0.1, 0.15) is 18.4 Å². The Hall–Kier alpha value is -4.81. The lowest BCUT2D eigenvalue weighted by Gasteiger charge is -2.38. The van der Waals surface area contributed by atoms with Crippen LogP contribution in [0.1, 0.15) is 33.6 Å². The van der Waals surface area contributed by atoms with Gasteiger partial charge in [0.25, 0.3) is 10.1 Å². The molecule has 53 heavy (non-hydrogen) atoms. The van der Waals surface area contributed by atoms with Crippen LogP contribution in [0.5, 0.6) is 0 Å². The Kier molecular flexibility index (Phi) is 9.57. The Balaban J connectivity index is 1.42. The molecule has 0 saturated carbocycles. The van der Waals surface area contributed by atoms with Crippen molar-refractivity contribution in [1.82, 2.24) is 8.88 Å². The lowest BCUT2D eigenvalue weighted by atomic mass is 9.76. The number of hydrogen-bond donors (Lipinski definition) is 1. The van der Waals surface area contributed by atoms with Gasteiger partial charge in [0.2, 0.25) is 21.1 Å². The number of benzene rings is 5. The molecule has 0 unspecified atom stereocenters. The first-order valence-electron chi connectivity index (χ1n) is 17.7. The van der Waals surface area contributed by atoms with E-state index in [0.717, 1.165) is 46.1 Å². The number of piperidine rings is 1. The van der Waals surface area contributed by atoms with Gasteiger partial charge in [-0.2, -0.15) is 17.3 Å². The summed E-state index contributed by atoms with van der Waals surface area (Å²) in [6, 6.07) is 34.9. The second-order valence-corrected chi connectivity index (χ2v) is 18.1. The molecule has 1 fully saturated rings. The number of anilines is 2. The maximum atomic E-state index is 14.5. The molecule has 11 heteroatoms. The number of hydrogen-bond acceptors (Lipinski definition) is 6. The fraction of sp³-hybridized carbons (Fsp3) is 0.262. The summed E-state index contributed by atoms with van der Waals surface area (Å²) in [7, 11) is -4.34. The van der Waals surface area contributed by atoms with Gasteiger partial charge in [-0.3, -0.25) is 4.55 Å². The molecule has 1 N–H and O–H groups in total. The van der Waals surface area contributed by atoms with Crippen molar-refractivity contribution >= 4 is 48.2 Å². The largest absolute Gasteiger partial charge is 0.456 e. The first kappa shape index (κ1) is 36.5. The number of nitrogens with zero attached hydrogens (tertiary/aromatic N) is 3. The average Bonchev–Trinajstić information content (AvgIpc) is 3.15. The van der Waals surface area contributed by atoms with Gasteiger partial charge in [-0.15, -0.1) is 0 Å². The third-order valence-electron chi connectivity index (χ3n) is 10.6. The zero-order valence-electron chi connectivity index (χ0n) is 30.5. The van der Waals surface area contributed by atoms with Gasteiger partial charge in [-0.25, -0.2) is 8.42 Å². The highest BCUT2D eigenvalue weighted by atomic mass is 32.2. The maximum absolute atomic E-state index is 14.5. The SMILES string of the molecule is CN(c1ccccc1)c1ccc2c(-c3ccccc3S(=O)(=O)N3CCC(C(C)(C)C)CC3)c3cc/c(=[N+](/C)c4ccc(S(=O)(=O)O)cc4)cc-3oc2c1. The van der Waals surface area contributed by atoms with E-state index in [4.69, 9.17) is 4.42 Å². The number of sulfonamides is 1. The molecule has 2 aliphatic heterocycles. The number of para-hydroxylation sites is 1. The van der Waals surface area contributed by atoms with Crippen LogP contribution in [0.15, 0.2) is 129 Å². The summed E-state index contributed by atoms with van der Waals surface area (Å²) < 4.78 is 72.0. The first-order valence-corrected chi connectivity index (χ1v) is 20.5. The molecule has 7 rings (SSSR count). The summed E-state index contributed by atoms with van der Waals surface area (Å²) in [6.45, 7) is 7.61. The Morgan fingerprint density at radius 2 is 1.43 bits per heavy atom. The smallest absolute Gasteiger partial charge is 0.294 e. The number of rotatable bonds is 7. The molecule has 1 aliphatic carbocycles. The van der Waals surface area contributed by atoms with Crippen LogP contribution < -0.4 is 14.8 Å². The monoisotopic (exact) mass is 750 g/mol. The van der Waals surface area contributed by atoms with Gasteiger partial charge in [-0.1, -0.05) is 57.2 Å². The van der Waals surface area contributed by atoms with Gasteiger partial charge in [-0.05, 0) is 72.7 Å². The standard InChI is InChI=1S/C42H43N3O6S2/c1-42(2,3)29-23-25-45(26-24-29)52(46,47)40-14-10-9-13-37(40)41-35-21-17-32(43(4)30-11-7-6-8-12-30)27-38(35)51-39-28-33(18-22-36(39)41)44(5)31-15-19-34(20-16-31)53(48,49)50/h6-22,27-29H,23-26H2,1-5H3/p+1. The van der Waals surface area contributed by atoms with Gasteiger partial charge >= 0.3 is 0 Å². The summed E-state index contributed by atoms with van der Waals surface area (Å²) >= 11 is 0. The van der Waals surface area contributed by atoms with Gasteiger partial charge in [0.15, 0.2) is 0 Å². The van der Waals surface area contributed by atoms with E-state index in [-0.39, 0.29) is 15.2 Å². The van der Waals surface area contributed by atoms with Crippen molar-refractivity contribution in [3.05, 3.63) is 121 Å². The van der Waals surface area contributed by atoms with Crippen molar-refractivity contribution in [2.75, 3.05) is 32.1 Å². The number of fused-ring (bicyclic) bond motifs is 2. The van der Waals surface area contributed by atoms with E-state index in [1.807, 2.05) is 97.5 Å². The maximum Gasteiger partial charge on any atom is 0.294 e. The molecule has 9 nitrogen and oxygen atoms in total. The van der Waals surface area contributed by atoms with Gasteiger partial charge < -0.3 is 9.32 Å². The second-order valence-electron chi connectivity index (χ2n) is 14.8. The van der Waals surface area contributed by atoms with Crippen LogP contribution in [0.25, 0.3) is 33.4 Å². The molecular weight excluding hydrogens is 707 g/mol. The molecular formula is C42H44N3O6S2+. The molecule has 274 valence electrons. The quantitative estimate of drug-likeness (QED) is 0.0992. The summed E-state index contributed by atoms with van der Waals surface area (Å²) in [6.07, 6.45) is 1.63. The average molecular weight is 751 g/mol. The second kappa shape index (κ2) is 13.9. The Morgan fingerprint density at radius 3 is 2.09 bits per heavy atom. The predicted molar refractivity (Wildman–Crippen MR) is 211 cm³/mol. The van der Waals surface area contributed by atoms with Crippen LogP contribution >= 0.6 is 0 Å². The van der Waals surface area contributed by atoms with Crippen LogP contribution in [0.3, 0.4) is 0 Å². The van der Waals surface area contributed by atoms with E-state index in [0.29, 0.717) is 41.6 Å². The summed E-state index contributed by atoms with van der Waals surface area (Å²) in [4.78, 5) is 2.13. The van der Waals surface area contributed by atoms with E-state index in [1.54, 1.807) is 28.6 Å². The van der Waals surface area contributed by atoms with E-state index < -0.39 is 20.1 Å². The highest BCUT2D eigenvalue weighted by Gasteiger charge is 2.35. The fourth-order valence-electron chi connectivity index (χ4n) is 7.37. The topological polar surface area (TPSA) is 111 Å². The molecule has 4 aromatic rings. The minimum Gasteiger partial charge on any atom is -0.456 e. The van der Waals surface area contributed by atoms with Crippen LogP contribution in [0.2, 0.25) is 0 Å². The Morgan fingerprint density at radius 1 is 0.774 bits per heavy atom. The van der Waals surface area contributed by atoms with E-state index in [2.05, 4.69) is 25.7 Å². The van der Waals surface area contributed by atoms with E-state index >= 15 is 0 Å². The summed E-state index contributed by atoms with van der Waals surface area (Å²) in [5.41, 5.74) is 5.39. The minimum absolute atomic E-state index is 0.114. The van der Waals surface area contributed by atoms with E-state index in [1.165, 1.54) is 12.1 Å². The van der Waals surface area contributed by atoms with Crippen LogP contribution in [-0.4, -0.2) is 52.9 Å². The molecule has 4 aromatic carbocycles. The van der Waals surface area contributed by atoms with Crippen molar-refractivity contribution in [3.63, 3.8) is 0 Å². The van der Waals surface area contributed by atoms with Gasteiger partial charge in [0.05, 0.1) is 15.9 Å². The fourth-order valence-corrected chi connectivity index (χ4v) is 9.51. The van der Waals surface area contributed by atoms with Crippen molar-refractivity contribution in [2.24, 2.45) is 11.3 Å². The lowest BCUT2D eigenvalue weighted by molar-refractivity contribution is 0.154. The highest BCUT2D eigenvalue weighted by molar-refractivity contribution is 7.89. The molecule has 3 aliphatic rings. The normalized spacial score (nSPS) is 15.5. The van der Waals surface area contributed by atoms with Crippen molar-refractivity contribution in [1.29, 1.82) is 0 Å². The van der Waals surface area contributed by atoms with Crippen molar-refractivity contribution in [2.45, 2.75) is 43.4 Å². The summed E-state index contributed by atoms with van der Waals surface area (Å²) in [5, 5.41) is 1.53. The zero-order valence-corrected chi connectivity index (χ0v) is 32.2. The van der Waals surface area contributed by atoms with Crippen LogP contribution in [-0.2, 0) is 20.1 Å². The van der Waals surface area contributed by atoms with Crippen LogP contribution in [0.4, 0.5) is 17.1 Å². The van der Waals surface area contributed by atoms with Gasteiger partial charge in [0, 0.05) is 77.9 Å². The highest BCUT2D eigenvalue weighted by Crippen LogP contribution is 2.44. The first-order chi connectivity index (χ1) is 25.1. The Bertz CT molecular complexity index is 2570. The van der Waals surface area contributed by atoms with Crippen molar-refractivity contribution < 1.29 is 25.8 Å². The predicted octanol–water partition coefficient (Wildman–Crippen LogP) is 8.40. The molecule has 0 spiro atoms. The lowest BCUT2D eigenvalue weighted by Crippen LogP contribution is -2.41. The van der Waals surface area contributed by atoms with Crippen LogP contribution in [0, 0.1) is 11.3 Å². The molecule has 0 radical (unpaired) electrons. The molecule has 0 bridgehead atoms. The molecule has 1 saturated heterocycles. The zero-order chi connectivity index (χ0) is 37.7.